The van der Waals surface area contributed by atoms with Crippen LogP contribution in [-0.2, 0) is 4.79 Å². The first-order valence-electron chi connectivity index (χ1n) is 11.6. The van der Waals surface area contributed by atoms with E-state index >= 15 is 0 Å². The third-order valence-corrected chi connectivity index (χ3v) is 5.63. The van der Waals surface area contributed by atoms with Crippen molar-refractivity contribution in [1.29, 1.82) is 0 Å². The molecule has 3 aromatic rings. The zero-order valence-corrected chi connectivity index (χ0v) is 19.4. The van der Waals surface area contributed by atoms with E-state index in [9.17, 15) is 9.59 Å². The highest BCUT2D eigenvalue weighted by molar-refractivity contribution is 5.92. The fourth-order valence-corrected chi connectivity index (χ4v) is 3.76. The Bertz CT molecular complexity index is 1040. The lowest BCUT2D eigenvalue weighted by atomic mass is 10.0. The highest BCUT2D eigenvalue weighted by atomic mass is 16.5. The molecule has 0 unspecified atom stereocenters. The number of hydrogen-bond donors (Lipinski definition) is 4. The molecule has 0 atom stereocenters. The number of urea groups is 1. The van der Waals surface area contributed by atoms with Gasteiger partial charge in [-0.1, -0.05) is 51.0 Å². The second-order valence-electron chi connectivity index (χ2n) is 8.76. The number of nitrogens with one attached hydrogen (secondary N) is 3. The molecular weight excluding hydrogens is 416 g/mol. The van der Waals surface area contributed by atoms with Gasteiger partial charge in [0.2, 0.25) is 5.91 Å². The molecule has 0 saturated heterocycles. The smallest absolute Gasteiger partial charge is 0.321 e. The van der Waals surface area contributed by atoms with Crippen LogP contribution in [0.3, 0.4) is 0 Å². The van der Waals surface area contributed by atoms with Crippen molar-refractivity contribution in [3.8, 4) is 11.1 Å². The van der Waals surface area contributed by atoms with E-state index in [0.29, 0.717) is 31.8 Å². The van der Waals surface area contributed by atoms with Gasteiger partial charge in [-0.3, -0.25) is 14.9 Å². The minimum Gasteiger partial charge on any atom is -0.361 e. The molecule has 1 heterocycles. The summed E-state index contributed by atoms with van der Waals surface area (Å²) in [6, 6.07) is 16.4. The van der Waals surface area contributed by atoms with E-state index in [1.54, 1.807) is 10.4 Å². The number of carbonyl (C=O) groups excluding carboxylic acids is 2. The highest BCUT2D eigenvalue weighted by Crippen LogP contribution is 2.26. The van der Waals surface area contributed by atoms with Crippen LogP contribution in [0.5, 0.6) is 0 Å². The van der Waals surface area contributed by atoms with Crippen molar-refractivity contribution in [2.45, 2.75) is 46.0 Å². The lowest BCUT2D eigenvalue weighted by molar-refractivity contribution is -0.129. The number of anilines is 1. The van der Waals surface area contributed by atoms with Gasteiger partial charge in [0.05, 0.1) is 0 Å². The van der Waals surface area contributed by atoms with E-state index in [1.807, 2.05) is 18.3 Å². The zero-order chi connectivity index (χ0) is 23.6. The van der Waals surface area contributed by atoms with Gasteiger partial charge in [0.15, 0.2) is 0 Å². The summed E-state index contributed by atoms with van der Waals surface area (Å²) in [5.41, 5.74) is 5.84. The number of unbranched alkanes of at least 4 members (excludes halogenated alkanes) is 3. The topological polar surface area (TPSA) is 97.5 Å². The Morgan fingerprint density at radius 1 is 0.970 bits per heavy atom. The Morgan fingerprint density at radius 2 is 1.70 bits per heavy atom. The Hall–Kier alpha value is -3.32. The zero-order valence-electron chi connectivity index (χ0n) is 19.4. The van der Waals surface area contributed by atoms with Crippen molar-refractivity contribution < 1.29 is 14.8 Å². The molecule has 3 rings (SSSR count). The monoisotopic (exact) mass is 450 g/mol. The number of H-pyrrole nitrogens is 1. The minimum atomic E-state index is -0.361. The second-order valence-corrected chi connectivity index (χ2v) is 8.76. The van der Waals surface area contributed by atoms with Gasteiger partial charge >= 0.3 is 6.03 Å². The molecule has 0 aliphatic rings. The lowest BCUT2D eigenvalue weighted by Gasteiger charge is -2.24. The van der Waals surface area contributed by atoms with Crippen LogP contribution in [0.2, 0.25) is 0 Å². The van der Waals surface area contributed by atoms with E-state index in [4.69, 9.17) is 5.21 Å². The molecular formula is C26H34N4O3. The summed E-state index contributed by atoms with van der Waals surface area (Å²) < 4.78 is 0. The van der Waals surface area contributed by atoms with Crippen molar-refractivity contribution >= 4 is 28.5 Å². The number of aromatic amines is 1. The van der Waals surface area contributed by atoms with E-state index < -0.39 is 0 Å². The Morgan fingerprint density at radius 3 is 2.42 bits per heavy atom. The summed E-state index contributed by atoms with van der Waals surface area (Å²) in [5.74, 6) is 0.0129. The molecule has 0 aliphatic carbocycles. The number of carbonyl (C=O) groups is 2. The fourth-order valence-electron chi connectivity index (χ4n) is 3.76. The van der Waals surface area contributed by atoms with E-state index in [-0.39, 0.29) is 11.9 Å². The molecule has 0 fully saturated rings. The number of aromatic nitrogens is 1. The normalized spacial score (nSPS) is 11.0. The van der Waals surface area contributed by atoms with Gasteiger partial charge in [-0.25, -0.2) is 10.3 Å². The molecule has 7 heteroatoms. The summed E-state index contributed by atoms with van der Waals surface area (Å²) in [5, 5.41) is 12.8. The number of nitrogens with zero attached hydrogens (tertiary/aromatic N) is 1. The molecule has 0 radical (unpaired) electrons. The van der Waals surface area contributed by atoms with Gasteiger partial charge in [0, 0.05) is 36.9 Å². The number of amides is 3. The van der Waals surface area contributed by atoms with Gasteiger partial charge in [0.1, 0.15) is 0 Å². The molecule has 7 nitrogen and oxygen atoms in total. The van der Waals surface area contributed by atoms with Gasteiger partial charge < -0.3 is 10.3 Å². The molecule has 0 aliphatic heterocycles. The maximum absolute atomic E-state index is 12.9. The first kappa shape index (κ1) is 24.3. The van der Waals surface area contributed by atoms with Crippen molar-refractivity contribution in [1.82, 2.24) is 15.8 Å². The third-order valence-electron chi connectivity index (χ3n) is 5.63. The number of hydrogen-bond acceptors (Lipinski definition) is 3. The molecule has 0 saturated carbocycles. The number of fused-ring (bicyclic) bond motifs is 1. The summed E-state index contributed by atoms with van der Waals surface area (Å²) in [7, 11) is 0. The van der Waals surface area contributed by atoms with Crippen LogP contribution >= 0.6 is 0 Å². The number of hydroxylamine groups is 1. The maximum Gasteiger partial charge on any atom is 0.321 e. The van der Waals surface area contributed by atoms with Crippen LogP contribution in [0.15, 0.2) is 54.7 Å². The van der Waals surface area contributed by atoms with Crippen molar-refractivity contribution in [3.05, 3.63) is 54.7 Å². The first-order chi connectivity index (χ1) is 16.0. The van der Waals surface area contributed by atoms with Crippen LogP contribution in [0.25, 0.3) is 22.0 Å². The quantitative estimate of drug-likeness (QED) is 0.177. The van der Waals surface area contributed by atoms with Gasteiger partial charge in [-0.15, -0.1) is 0 Å². The molecule has 0 bridgehead atoms. The first-order valence-corrected chi connectivity index (χ1v) is 11.6. The van der Waals surface area contributed by atoms with Crippen molar-refractivity contribution in [2.75, 3.05) is 18.0 Å². The third kappa shape index (κ3) is 7.08. The minimum absolute atomic E-state index is 0.0936. The van der Waals surface area contributed by atoms with E-state index in [1.165, 1.54) is 5.39 Å². The second kappa shape index (κ2) is 12.1. The molecule has 2 aromatic carbocycles. The largest absolute Gasteiger partial charge is 0.361 e. The number of rotatable bonds is 11. The Balaban J connectivity index is 1.65. The molecule has 3 amide bonds. The Kier molecular flexibility index (Phi) is 8.89. The molecule has 33 heavy (non-hydrogen) atoms. The summed E-state index contributed by atoms with van der Waals surface area (Å²) in [6.45, 7) is 5.37. The predicted molar refractivity (Wildman–Crippen MR) is 132 cm³/mol. The van der Waals surface area contributed by atoms with Crippen LogP contribution in [0, 0.1) is 5.92 Å². The summed E-state index contributed by atoms with van der Waals surface area (Å²) >= 11 is 0. The maximum atomic E-state index is 12.9. The van der Waals surface area contributed by atoms with Crippen molar-refractivity contribution in [3.63, 3.8) is 0 Å². The van der Waals surface area contributed by atoms with E-state index in [2.05, 4.69) is 60.5 Å². The molecule has 4 N–H and O–H groups in total. The van der Waals surface area contributed by atoms with Crippen LogP contribution in [-0.4, -0.2) is 35.2 Å². The Labute approximate surface area is 195 Å². The van der Waals surface area contributed by atoms with Crippen LogP contribution in [0.1, 0.15) is 46.0 Å². The highest BCUT2D eigenvalue weighted by Gasteiger charge is 2.16. The SMILES string of the molecule is CC(C)CNC(=O)N(CCCCCCC(=O)NO)c1ccc(-c2ccc3cc[nH]c3c2)cc1. The average molecular weight is 451 g/mol. The van der Waals surface area contributed by atoms with Gasteiger partial charge in [-0.2, -0.15) is 0 Å². The molecule has 176 valence electrons. The van der Waals surface area contributed by atoms with Gasteiger partial charge in [0.25, 0.3) is 0 Å². The van der Waals surface area contributed by atoms with Gasteiger partial charge in [-0.05, 0) is 59.5 Å². The average Bonchev–Trinajstić information content (AvgIpc) is 3.30. The van der Waals surface area contributed by atoms with Crippen LogP contribution in [0.4, 0.5) is 10.5 Å². The summed E-state index contributed by atoms with van der Waals surface area (Å²) in [4.78, 5) is 29.0. The number of benzene rings is 2. The fraction of sp³-hybridized carbons (Fsp3) is 0.385. The molecule has 0 spiro atoms. The van der Waals surface area contributed by atoms with Crippen LogP contribution < -0.4 is 15.7 Å². The lowest BCUT2D eigenvalue weighted by Crippen LogP contribution is -2.42. The molecule has 1 aromatic heterocycles. The predicted octanol–water partition coefficient (Wildman–Crippen LogP) is 5.46. The standard InChI is InChI=1S/C26H34N4O3/c1-19(2)18-28-26(32)30(16-6-4-3-5-7-25(31)29-33)23-12-10-20(11-13-23)22-9-8-21-14-15-27-24(21)17-22/h8-15,17,19,27,33H,3-7,16,18H2,1-2H3,(H,28,32)(H,29,31). The van der Waals surface area contributed by atoms with E-state index in [0.717, 1.165) is 41.6 Å². The summed E-state index contributed by atoms with van der Waals surface area (Å²) in [6.07, 6.45) is 5.57. The van der Waals surface area contributed by atoms with Crippen molar-refractivity contribution in [2.24, 2.45) is 5.92 Å².